The van der Waals surface area contributed by atoms with Crippen molar-refractivity contribution in [3.05, 3.63) is 130 Å². The van der Waals surface area contributed by atoms with E-state index in [0.717, 1.165) is 41.2 Å². The number of unbranched alkanes of at least 4 members (excludes halogenated alkanes) is 1. The molecule has 0 heterocycles. The lowest BCUT2D eigenvalue weighted by atomic mass is 9.92. The van der Waals surface area contributed by atoms with Crippen LogP contribution in [0, 0.1) is 21.4 Å². The fourth-order valence-corrected chi connectivity index (χ4v) is 6.09. The maximum Gasteiger partial charge on any atom is 0.328 e. The van der Waals surface area contributed by atoms with Crippen molar-refractivity contribution in [3.8, 4) is 0 Å². The molecule has 4 aromatic carbocycles. The molecular formula is C39H46N6O6. The van der Waals surface area contributed by atoms with E-state index in [4.69, 9.17) is 15.9 Å². The van der Waals surface area contributed by atoms with Crippen molar-refractivity contribution in [1.82, 2.24) is 15.6 Å². The number of methoxy groups -OCH3 is 1. The Morgan fingerprint density at radius 1 is 0.765 bits per heavy atom. The zero-order valence-electron chi connectivity index (χ0n) is 28.8. The molecule has 0 bridgehead atoms. The van der Waals surface area contributed by atoms with Crippen LogP contribution < -0.4 is 16.4 Å². The van der Waals surface area contributed by atoms with Crippen LogP contribution in [0.25, 0.3) is 10.8 Å². The van der Waals surface area contributed by atoms with Crippen molar-refractivity contribution in [2.45, 2.75) is 63.5 Å². The van der Waals surface area contributed by atoms with Crippen LogP contribution in [0.1, 0.15) is 48.8 Å². The van der Waals surface area contributed by atoms with Crippen molar-refractivity contribution in [1.29, 1.82) is 5.41 Å². The number of esters is 1. The summed E-state index contributed by atoms with van der Waals surface area (Å²) in [6.07, 6.45) is 3.75. The first-order valence-electron chi connectivity index (χ1n) is 17.1. The van der Waals surface area contributed by atoms with Crippen molar-refractivity contribution in [3.63, 3.8) is 0 Å². The molecular weight excluding hydrogens is 648 g/mol. The molecule has 51 heavy (non-hydrogen) atoms. The van der Waals surface area contributed by atoms with Gasteiger partial charge in [0.1, 0.15) is 12.1 Å². The van der Waals surface area contributed by atoms with Crippen LogP contribution in [0.2, 0.25) is 0 Å². The molecule has 0 spiro atoms. The lowest BCUT2D eigenvalue weighted by Gasteiger charge is -2.25. The number of hydrogen-bond acceptors (Lipinski definition) is 7. The topological polar surface area (TPSA) is 181 Å². The highest BCUT2D eigenvalue weighted by Crippen LogP contribution is 2.20. The Labute approximate surface area is 298 Å². The number of fused-ring (bicyclic) bond motifs is 1. The quantitative estimate of drug-likeness (QED) is 0.0265. The van der Waals surface area contributed by atoms with E-state index in [2.05, 4.69) is 22.8 Å². The van der Waals surface area contributed by atoms with Gasteiger partial charge in [0, 0.05) is 12.3 Å². The van der Waals surface area contributed by atoms with Gasteiger partial charge in [-0.2, -0.15) is 0 Å². The largest absolute Gasteiger partial charge is 0.467 e. The number of guanidine groups is 1. The van der Waals surface area contributed by atoms with Crippen molar-refractivity contribution >= 4 is 34.5 Å². The van der Waals surface area contributed by atoms with Crippen LogP contribution in [0.3, 0.4) is 0 Å². The van der Waals surface area contributed by atoms with Crippen LogP contribution in [-0.2, 0) is 38.4 Å². The summed E-state index contributed by atoms with van der Waals surface area (Å²) >= 11 is 0. The number of hydrogen-bond donors (Lipinski definition) is 4. The highest BCUT2D eigenvalue weighted by molar-refractivity contribution is 5.91. The van der Waals surface area contributed by atoms with Crippen LogP contribution in [0.15, 0.2) is 103 Å². The monoisotopic (exact) mass is 694 g/mol. The molecule has 0 radical (unpaired) electrons. The van der Waals surface area contributed by atoms with Gasteiger partial charge < -0.3 is 21.1 Å². The zero-order chi connectivity index (χ0) is 36.6. The Morgan fingerprint density at radius 3 is 2.04 bits per heavy atom. The molecule has 1 unspecified atom stereocenters. The summed E-state index contributed by atoms with van der Waals surface area (Å²) in [6, 6.07) is 31.1. The summed E-state index contributed by atoms with van der Waals surface area (Å²) in [5.41, 5.74) is 8.39. The minimum Gasteiger partial charge on any atom is -0.467 e. The van der Waals surface area contributed by atoms with E-state index in [0.29, 0.717) is 17.9 Å². The standard InChI is InChI=1S/C39H46N6O6/c1-51-38(48)35(27-30-22-23-31-18-10-11-19-32(31)26-30)43-37(47)34(21-12-24-44(39(40)41)45(49)50)42-36(46)33(25-29-16-6-3-7-17-29)20-9-8-15-28-13-4-2-5-14-28/h2-7,10-11,13-14,16-19,22-23,26,33-35H,8-9,12,15,20-21,24-25,27H2,1H3,(H3,40,41)(H,42,46)(H,43,47)/t33-,34+,35?/m0/s1. The van der Waals surface area contributed by atoms with Gasteiger partial charge in [0.05, 0.1) is 13.7 Å². The van der Waals surface area contributed by atoms with Crippen LogP contribution in [0.4, 0.5) is 0 Å². The molecule has 0 saturated carbocycles. The zero-order valence-corrected chi connectivity index (χ0v) is 28.8. The van der Waals surface area contributed by atoms with Crippen molar-refractivity contribution in [2.75, 3.05) is 13.7 Å². The molecule has 4 rings (SSSR count). The van der Waals surface area contributed by atoms with Crippen LogP contribution in [0.5, 0.6) is 0 Å². The van der Waals surface area contributed by atoms with Gasteiger partial charge in [0.2, 0.25) is 11.8 Å². The highest BCUT2D eigenvalue weighted by Gasteiger charge is 2.30. The molecule has 0 saturated heterocycles. The molecule has 5 N–H and O–H groups in total. The summed E-state index contributed by atoms with van der Waals surface area (Å²) in [4.78, 5) is 52.2. The van der Waals surface area contributed by atoms with Crippen molar-refractivity contribution < 1.29 is 24.2 Å². The van der Waals surface area contributed by atoms with E-state index in [1.807, 2.05) is 91.0 Å². The van der Waals surface area contributed by atoms with Gasteiger partial charge in [-0.05, 0) is 66.0 Å². The Hall–Kier alpha value is -5.78. The third-order valence-corrected chi connectivity index (χ3v) is 8.83. The Morgan fingerprint density at radius 2 is 1.39 bits per heavy atom. The summed E-state index contributed by atoms with van der Waals surface area (Å²) < 4.78 is 5.03. The molecule has 12 heteroatoms. The summed E-state index contributed by atoms with van der Waals surface area (Å²) in [7, 11) is 1.24. The number of amides is 2. The third-order valence-electron chi connectivity index (χ3n) is 8.83. The van der Waals surface area contributed by atoms with Gasteiger partial charge in [-0.1, -0.05) is 115 Å². The molecule has 0 aliphatic carbocycles. The first-order chi connectivity index (χ1) is 24.6. The maximum absolute atomic E-state index is 14.0. The van der Waals surface area contributed by atoms with Crippen molar-refractivity contribution in [2.24, 2.45) is 11.7 Å². The van der Waals surface area contributed by atoms with E-state index in [9.17, 15) is 24.5 Å². The van der Waals surface area contributed by atoms with Crippen LogP contribution >= 0.6 is 0 Å². The molecule has 0 aliphatic heterocycles. The predicted octanol–water partition coefficient (Wildman–Crippen LogP) is 4.96. The number of nitrogens with one attached hydrogen (secondary N) is 3. The first kappa shape index (κ1) is 38.0. The number of aryl methyl sites for hydroxylation is 1. The SMILES string of the molecule is COC(=O)C(Cc1ccc2ccccc2c1)NC(=O)[C@@H](CCCN(C(=N)N)[N+](=O)[O-])NC(=O)[C@@H](CCCCc1ccccc1)Cc1ccccc1. The number of nitrogens with zero attached hydrogens (tertiary/aromatic N) is 2. The summed E-state index contributed by atoms with van der Waals surface area (Å²) in [5.74, 6) is -2.82. The fraction of sp³-hybridized carbons (Fsp3) is 0.333. The number of nitro groups is 1. The Balaban J connectivity index is 1.52. The fourth-order valence-electron chi connectivity index (χ4n) is 6.09. The van der Waals surface area contributed by atoms with E-state index < -0.39 is 40.9 Å². The Kier molecular flexibility index (Phi) is 14.5. The van der Waals surface area contributed by atoms with E-state index in [1.165, 1.54) is 12.7 Å². The number of nitrogens with two attached hydrogens (primary N) is 1. The molecule has 3 atom stereocenters. The van der Waals surface area contributed by atoms with Gasteiger partial charge in [0.15, 0.2) is 5.03 Å². The average Bonchev–Trinajstić information content (AvgIpc) is 3.13. The molecule has 4 aromatic rings. The second kappa shape index (κ2) is 19.4. The van der Waals surface area contributed by atoms with E-state index in [-0.39, 0.29) is 31.7 Å². The highest BCUT2D eigenvalue weighted by atomic mass is 16.7. The van der Waals surface area contributed by atoms with Gasteiger partial charge in [0.25, 0.3) is 5.96 Å². The van der Waals surface area contributed by atoms with Gasteiger partial charge in [-0.3, -0.25) is 15.0 Å². The summed E-state index contributed by atoms with van der Waals surface area (Å²) in [6.45, 7) is -0.258. The average molecular weight is 695 g/mol. The third kappa shape index (κ3) is 11.9. The van der Waals surface area contributed by atoms with Gasteiger partial charge in [-0.15, -0.1) is 0 Å². The maximum atomic E-state index is 14.0. The predicted molar refractivity (Wildman–Crippen MR) is 196 cm³/mol. The number of carbonyl (C=O) groups excluding carboxylic acids is 3. The molecule has 0 aliphatic rings. The van der Waals surface area contributed by atoms with Crippen LogP contribution in [-0.4, -0.2) is 59.5 Å². The number of hydrazine groups is 1. The smallest absolute Gasteiger partial charge is 0.328 e. The molecule has 0 fully saturated rings. The van der Waals surface area contributed by atoms with E-state index >= 15 is 0 Å². The minimum absolute atomic E-state index is 0.00880. The first-order valence-corrected chi connectivity index (χ1v) is 17.1. The van der Waals surface area contributed by atoms with Gasteiger partial charge >= 0.3 is 5.97 Å². The number of benzene rings is 4. The Bertz CT molecular complexity index is 1760. The van der Waals surface area contributed by atoms with Gasteiger partial charge in [-0.25, -0.2) is 14.9 Å². The van der Waals surface area contributed by atoms with E-state index in [1.54, 1.807) is 0 Å². The molecule has 12 nitrogen and oxygen atoms in total. The number of ether oxygens (including phenoxy) is 1. The second-order valence-corrected chi connectivity index (χ2v) is 12.5. The second-order valence-electron chi connectivity index (χ2n) is 12.5. The normalized spacial score (nSPS) is 12.6. The lowest BCUT2D eigenvalue weighted by Crippen LogP contribution is -2.53. The lowest BCUT2D eigenvalue weighted by molar-refractivity contribution is -0.629. The molecule has 0 aromatic heterocycles. The minimum atomic E-state index is -1.13. The number of rotatable bonds is 19. The summed E-state index contributed by atoms with van der Waals surface area (Å²) in [5, 5.41) is 26.3. The molecule has 268 valence electrons. The number of carbonyl (C=O) groups is 3. The molecule has 2 amide bonds.